The van der Waals surface area contributed by atoms with Gasteiger partial charge in [-0.2, -0.15) is 5.26 Å². The lowest BCUT2D eigenvalue weighted by atomic mass is 10.0. The number of thiophene rings is 2. The summed E-state index contributed by atoms with van der Waals surface area (Å²) < 4.78 is 0. The van der Waals surface area contributed by atoms with Crippen LogP contribution >= 0.6 is 22.7 Å². The summed E-state index contributed by atoms with van der Waals surface area (Å²) in [4.78, 5) is 14.5. The van der Waals surface area contributed by atoms with Crippen molar-refractivity contribution in [2.24, 2.45) is 0 Å². The number of carboxylic acids is 1. The number of aromatic carboxylic acids is 1. The summed E-state index contributed by atoms with van der Waals surface area (Å²) in [5.41, 5.74) is 0.503. The van der Waals surface area contributed by atoms with Crippen LogP contribution in [0.5, 0.6) is 0 Å². The van der Waals surface area contributed by atoms with E-state index in [0.29, 0.717) is 9.88 Å². The molecule has 0 saturated heterocycles. The van der Waals surface area contributed by atoms with Gasteiger partial charge in [0.1, 0.15) is 22.1 Å². The van der Waals surface area contributed by atoms with Crippen LogP contribution in [0.4, 0.5) is 5.00 Å². The van der Waals surface area contributed by atoms with Gasteiger partial charge >= 0.3 is 5.97 Å². The highest BCUT2D eigenvalue weighted by Gasteiger charge is 2.30. The number of hydrogen-bond donors (Lipinski definition) is 2. The lowest BCUT2D eigenvalue weighted by Crippen LogP contribution is -2.25. The summed E-state index contributed by atoms with van der Waals surface area (Å²) in [5, 5.41) is 32.5. The third-order valence-electron chi connectivity index (χ3n) is 3.88. The highest BCUT2D eigenvalue weighted by molar-refractivity contribution is 7.18. The Bertz CT molecular complexity index is 747. The number of anilines is 1. The van der Waals surface area contributed by atoms with Crippen molar-refractivity contribution < 1.29 is 15.0 Å². The molecule has 2 N–H and O–H groups in total. The molecule has 1 atom stereocenters. The molecule has 134 valence electrons. The third kappa shape index (κ3) is 4.21. The second-order valence-electron chi connectivity index (χ2n) is 5.70. The molecule has 0 aliphatic heterocycles. The number of aliphatic hydroxyl groups excluding tert-OH is 1. The molecule has 0 fully saturated rings. The molecule has 2 aromatic heterocycles. The number of nitriles is 1. The summed E-state index contributed by atoms with van der Waals surface area (Å²) in [6.07, 6.45) is 1.79. The van der Waals surface area contributed by atoms with Crippen LogP contribution in [0.15, 0.2) is 17.5 Å². The molecule has 0 saturated carbocycles. The Hall–Kier alpha value is -1.88. The van der Waals surface area contributed by atoms with Crippen molar-refractivity contribution in [1.29, 1.82) is 5.26 Å². The van der Waals surface area contributed by atoms with Gasteiger partial charge in [-0.25, -0.2) is 4.79 Å². The van der Waals surface area contributed by atoms with Crippen LogP contribution in [0.25, 0.3) is 0 Å². The lowest BCUT2D eigenvalue weighted by molar-refractivity contribution is 0.0697. The largest absolute Gasteiger partial charge is 0.477 e. The molecule has 0 aliphatic rings. The molecule has 25 heavy (non-hydrogen) atoms. The molecule has 0 bridgehead atoms. The summed E-state index contributed by atoms with van der Waals surface area (Å²) in [5.74, 6) is -1.11. The first-order chi connectivity index (χ1) is 12.0. The van der Waals surface area contributed by atoms with E-state index in [2.05, 4.69) is 24.8 Å². The predicted octanol–water partition coefficient (Wildman–Crippen LogP) is 4.48. The molecular formula is C18H22N2O3S2. The van der Waals surface area contributed by atoms with E-state index in [1.807, 2.05) is 5.38 Å². The topological polar surface area (TPSA) is 84.6 Å². The number of rotatable bonds is 9. The Morgan fingerprint density at radius 3 is 2.64 bits per heavy atom. The van der Waals surface area contributed by atoms with E-state index < -0.39 is 12.1 Å². The van der Waals surface area contributed by atoms with Crippen LogP contribution in [0.2, 0.25) is 0 Å². The van der Waals surface area contributed by atoms with Gasteiger partial charge in [-0.15, -0.1) is 22.7 Å². The van der Waals surface area contributed by atoms with Crippen LogP contribution in [-0.2, 0) is 0 Å². The fraction of sp³-hybridized carbons (Fsp3) is 0.444. The standard InChI is InChI=1S/C18H22N2O3S2/c1-3-5-9-20(8-4-2)17-12(11-19)14(16(25-17)18(22)23)15(21)13-7-6-10-24-13/h6-7,10,15,21H,3-5,8-9H2,1-2H3,(H,22,23). The molecule has 0 amide bonds. The number of unbranched alkanes of at least 4 members (excludes halogenated alkanes) is 1. The lowest BCUT2D eigenvalue weighted by Gasteiger charge is -2.23. The highest BCUT2D eigenvalue weighted by atomic mass is 32.1. The molecule has 0 aliphatic carbocycles. The first-order valence-corrected chi connectivity index (χ1v) is 10.0. The minimum atomic E-state index is -1.11. The maximum atomic E-state index is 11.7. The Balaban J connectivity index is 2.56. The SMILES string of the molecule is CCCCN(CCC)c1sc(C(=O)O)c(C(O)c2cccs2)c1C#N. The molecule has 2 heterocycles. The van der Waals surface area contributed by atoms with Crippen LogP contribution in [0.1, 0.15) is 64.9 Å². The van der Waals surface area contributed by atoms with E-state index in [9.17, 15) is 20.3 Å². The first-order valence-electron chi connectivity index (χ1n) is 8.31. The smallest absolute Gasteiger partial charge is 0.346 e. The molecule has 7 heteroatoms. The van der Waals surface area contributed by atoms with Gasteiger partial charge < -0.3 is 15.1 Å². The van der Waals surface area contributed by atoms with Gasteiger partial charge in [0, 0.05) is 23.5 Å². The van der Waals surface area contributed by atoms with Crippen molar-refractivity contribution in [2.45, 2.75) is 39.2 Å². The summed E-state index contributed by atoms with van der Waals surface area (Å²) in [6, 6.07) is 5.70. The fourth-order valence-corrected chi connectivity index (χ4v) is 4.60. The van der Waals surface area contributed by atoms with Crippen molar-refractivity contribution in [1.82, 2.24) is 0 Å². The Labute approximate surface area is 155 Å². The summed E-state index contributed by atoms with van der Waals surface area (Å²) >= 11 is 2.44. The zero-order valence-corrected chi connectivity index (χ0v) is 16.0. The maximum absolute atomic E-state index is 11.7. The number of carboxylic acid groups (broad SMARTS) is 1. The van der Waals surface area contributed by atoms with Gasteiger partial charge in [0.05, 0.1) is 5.56 Å². The fourth-order valence-electron chi connectivity index (χ4n) is 2.70. The number of carbonyl (C=O) groups is 1. The van der Waals surface area contributed by atoms with Crippen LogP contribution in [0.3, 0.4) is 0 Å². The minimum absolute atomic E-state index is 0.0463. The van der Waals surface area contributed by atoms with Crippen LogP contribution in [0, 0.1) is 11.3 Å². The Morgan fingerprint density at radius 2 is 2.12 bits per heavy atom. The highest BCUT2D eigenvalue weighted by Crippen LogP contribution is 2.42. The van der Waals surface area contributed by atoms with Crippen LogP contribution < -0.4 is 4.90 Å². The van der Waals surface area contributed by atoms with Crippen molar-refractivity contribution in [3.05, 3.63) is 38.4 Å². The second kappa shape index (κ2) is 8.99. The third-order valence-corrected chi connectivity index (χ3v) is 6.06. The van der Waals surface area contributed by atoms with E-state index >= 15 is 0 Å². The quantitative estimate of drug-likeness (QED) is 0.672. The molecule has 0 spiro atoms. The monoisotopic (exact) mass is 378 g/mol. The number of aliphatic hydroxyl groups is 1. The maximum Gasteiger partial charge on any atom is 0.346 e. The zero-order valence-electron chi connectivity index (χ0n) is 14.4. The average molecular weight is 379 g/mol. The van der Waals surface area contributed by atoms with Gasteiger partial charge in [0.2, 0.25) is 0 Å². The van der Waals surface area contributed by atoms with Gasteiger partial charge in [0.15, 0.2) is 0 Å². The van der Waals surface area contributed by atoms with E-state index in [-0.39, 0.29) is 16.0 Å². The molecule has 0 aromatic carbocycles. The van der Waals surface area contributed by atoms with Gasteiger partial charge in [-0.3, -0.25) is 0 Å². The van der Waals surface area contributed by atoms with Crippen molar-refractivity contribution in [2.75, 3.05) is 18.0 Å². The van der Waals surface area contributed by atoms with Crippen molar-refractivity contribution in [3.8, 4) is 6.07 Å². The molecule has 0 radical (unpaired) electrons. The average Bonchev–Trinajstić information content (AvgIpc) is 3.25. The molecule has 1 unspecified atom stereocenters. The minimum Gasteiger partial charge on any atom is -0.477 e. The first kappa shape index (κ1) is 19.4. The molecule has 2 rings (SSSR count). The Morgan fingerprint density at radius 1 is 1.36 bits per heavy atom. The van der Waals surface area contributed by atoms with Crippen molar-refractivity contribution >= 4 is 33.6 Å². The Kier molecular flexibility index (Phi) is 7.00. The van der Waals surface area contributed by atoms with Gasteiger partial charge in [-0.1, -0.05) is 26.3 Å². The molecular weight excluding hydrogens is 356 g/mol. The second-order valence-corrected chi connectivity index (χ2v) is 7.68. The van der Waals surface area contributed by atoms with Crippen LogP contribution in [-0.4, -0.2) is 29.3 Å². The summed E-state index contributed by atoms with van der Waals surface area (Å²) in [7, 11) is 0. The predicted molar refractivity (Wildman–Crippen MR) is 102 cm³/mol. The van der Waals surface area contributed by atoms with Crippen molar-refractivity contribution in [3.63, 3.8) is 0 Å². The van der Waals surface area contributed by atoms with Gasteiger partial charge in [0.25, 0.3) is 0 Å². The van der Waals surface area contributed by atoms with E-state index in [0.717, 1.165) is 43.7 Å². The summed E-state index contributed by atoms with van der Waals surface area (Å²) in [6.45, 7) is 5.67. The number of nitrogens with zero attached hydrogens (tertiary/aromatic N) is 2. The normalized spacial score (nSPS) is 11.9. The van der Waals surface area contributed by atoms with E-state index in [1.54, 1.807) is 12.1 Å². The zero-order chi connectivity index (χ0) is 18.4. The van der Waals surface area contributed by atoms with E-state index in [4.69, 9.17) is 0 Å². The number of hydrogen-bond acceptors (Lipinski definition) is 6. The molecule has 2 aromatic rings. The van der Waals surface area contributed by atoms with E-state index in [1.165, 1.54) is 11.3 Å². The van der Waals surface area contributed by atoms with Gasteiger partial charge in [-0.05, 0) is 24.3 Å². The molecule has 5 nitrogen and oxygen atoms in total.